The van der Waals surface area contributed by atoms with Crippen molar-refractivity contribution in [2.45, 2.75) is 111 Å². The van der Waals surface area contributed by atoms with Gasteiger partial charge in [-0.2, -0.15) is 0 Å². The molecule has 0 bridgehead atoms. The molecule has 0 heterocycles. The number of unbranched alkanes of at least 4 members (excludes halogenated alkanes) is 4. The van der Waals surface area contributed by atoms with Crippen molar-refractivity contribution >= 4 is 11.9 Å². The summed E-state index contributed by atoms with van der Waals surface area (Å²) in [6.07, 6.45) is 12.5. The first kappa shape index (κ1) is 25.9. The normalized spacial score (nSPS) is 13.2. The second-order valence-corrected chi connectivity index (χ2v) is 7.76. The first-order chi connectivity index (χ1) is 13.1. The summed E-state index contributed by atoms with van der Waals surface area (Å²) in [5.41, 5.74) is 0. The fourth-order valence-electron chi connectivity index (χ4n) is 3.08. The summed E-state index contributed by atoms with van der Waals surface area (Å²) in [6.45, 7) is 9.78. The van der Waals surface area contributed by atoms with Crippen molar-refractivity contribution in [3.63, 3.8) is 0 Å². The number of hydrogen-bond donors (Lipinski definition) is 0. The number of rotatable bonds is 18. The molecule has 0 aliphatic rings. The van der Waals surface area contributed by atoms with Gasteiger partial charge in [0, 0.05) is 12.8 Å². The Balaban J connectivity index is 3.68. The topological polar surface area (TPSA) is 52.6 Å². The molecule has 4 heteroatoms. The summed E-state index contributed by atoms with van der Waals surface area (Å²) in [6, 6.07) is 0. The third-order valence-electron chi connectivity index (χ3n) is 5.31. The molecule has 0 rings (SSSR count). The summed E-state index contributed by atoms with van der Waals surface area (Å²) in [4.78, 5) is 23.6. The highest BCUT2D eigenvalue weighted by Crippen LogP contribution is 2.15. The Labute approximate surface area is 167 Å². The van der Waals surface area contributed by atoms with E-state index in [1.165, 1.54) is 25.7 Å². The molecule has 0 aliphatic carbocycles. The monoisotopic (exact) mass is 384 g/mol. The van der Waals surface area contributed by atoms with E-state index >= 15 is 0 Å². The van der Waals surface area contributed by atoms with Crippen molar-refractivity contribution in [3.8, 4) is 0 Å². The summed E-state index contributed by atoms with van der Waals surface area (Å²) >= 11 is 0. The molecule has 2 unspecified atom stereocenters. The molecule has 0 fully saturated rings. The summed E-state index contributed by atoms with van der Waals surface area (Å²) in [7, 11) is 0. The summed E-state index contributed by atoms with van der Waals surface area (Å²) < 4.78 is 10.8. The zero-order valence-corrected chi connectivity index (χ0v) is 18.4. The zero-order valence-electron chi connectivity index (χ0n) is 18.4. The molecule has 0 aromatic heterocycles. The van der Waals surface area contributed by atoms with E-state index in [1.807, 2.05) is 0 Å². The second-order valence-electron chi connectivity index (χ2n) is 7.76. The van der Waals surface area contributed by atoms with Crippen molar-refractivity contribution in [3.05, 3.63) is 0 Å². The van der Waals surface area contributed by atoms with Gasteiger partial charge in [0.15, 0.2) is 0 Å². The molecule has 0 saturated carbocycles. The van der Waals surface area contributed by atoms with Gasteiger partial charge in [-0.25, -0.2) is 0 Å². The molecular formula is C23H44O4. The Hall–Kier alpha value is -1.06. The minimum Gasteiger partial charge on any atom is -0.465 e. The van der Waals surface area contributed by atoms with Gasteiger partial charge < -0.3 is 9.47 Å². The fourth-order valence-corrected chi connectivity index (χ4v) is 3.08. The van der Waals surface area contributed by atoms with Gasteiger partial charge in [0.1, 0.15) is 0 Å². The van der Waals surface area contributed by atoms with Crippen LogP contribution in [0.4, 0.5) is 0 Å². The lowest BCUT2D eigenvalue weighted by Crippen LogP contribution is -2.14. The Morgan fingerprint density at radius 1 is 0.630 bits per heavy atom. The maximum Gasteiger partial charge on any atom is 0.305 e. The average molecular weight is 385 g/mol. The third kappa shape index (κ3) is 15.7. The van der Waals surface area contributed by atoms with E-state index < -0.39 is 0 Å². The largest absolute Gasteiger partial charge is 0.465 e. The molecule has 0 saturated heterocycles. The minimum atomic E-state index is -0.103. The number of hydrogen-bond acceptors (Lipinski definition) is 4. The molecule has 0 radical (unpaired) electrons. The maximum absolute atomic E-state index is 11.8. The lowest BCUT2D eigenvalue weighted by molar-refractivity contribution is -0.145. The van der Waals surface area contributed by atoms with Crippen molar-refractivity contribution in [1.82, 2.24) is 0 Å². The van der Waals surface area contributed by atoms with Crippen LogP contribution in [0.15, 0.2) is 0 Å². The Bertz CT molecular complexity index is 333. The lowest BCUT2D eigenvalue weighted by atomic mass is 10.0. The molecule has 0 aromatic rings. The molecule has 27 heavy (non-hydrogen) atoms. The highest BCUT2D eigenvalue weighted by Gasteiger charge is 2.11. The van der Waals surface area contributed by atoms with Gasteiger partial charge in [-0.05, 0) is 37.5 Å². The number of ether oxygens (including phenoxy) is 2. The predicted octanol–water partition coefficient (Wildman–Crippen LogP) is 6.46. The minimum absolute atomic E-state index is 0.103. The van der Waals surface area contributed by atoms with Crippen LogP contribution in [0.5, 0.6) is 0 Å². The van der Waals surface area contributed by atoms with E-state index in [0.717, 1.165) is 44.9 Å². The van der Waals surface area contributed by atoms with Crippen molar-refractivity contribution < 1.29 is 19.1 Å². The zero-order chi connectivity index (χ0) is 20.3. The van der Waals surface area contributed by atoms with Gasteiger partial charge in [-0.3, -0.25) is 9.59 Å². The maximum atomic E-state index is 11.8. The molecule has 0 aliphatic heterocycles. The molecule has 2 atom stereocenters. The third-order valence-corrected chi connectivity index (χ3v) is 5.31. The van der Waals surface area contributed by atoms with Crippen molar-refractivity contribution in [1.29, 1.82) is 0 Å². The van der Waals surface area contributed by atoms with E-state index in [2.05, 4.69) is 27.7 Å². The smallest absolute Gasteiger partial charge is 0.305 e. The van der Waals surface area contributed by atoms with Crippen LogP contribution in [-0.2, 0) is 19.1 Å². The lowest BCUT2D eigenvalue weighted by Gasteiger charge is -2.15. The predicted molar refractivity (Wildman–Crippen MR) is 112 cm³/mol. The van der Waals surface area contributed by atoms with Crippen LogP contribution in [0.1, 0.15) is 111 Å². The summed E-state index contributed by atoms with van der Waals surface area (Å²) in [5, 5.41) is 0. The van der Waals surface area contributed by atoms with Crippen LogP contribution in [0.25, 0.3) is 0 Å². The van der Waals surface area contributed by atoms with Gasteiger partial charge in [0.05, 0.1) is 13.2 Å². The SMILES string of the molecule is CCCCC(CC)COC(=O)CCCCCC(=O)OCC(CC)CCCC. The van der Waals surface area contributed by atoms with Crippen LogP contribution in [-0.4, -0.2) is 25.2 Å². The van der Waals surface area contributed by atoms with E-state index in [1.54, 1.807) is 0 Å². The fraction of sp³-hybridized carbons (Fsp3) is 0.913. The number of carbonyl (C=O) groups is 2. The first-order valence-electron chi connectivity index (χ1n) is 11.4. The Morgan fingerprint density at radius 3 is 1.37 bits per heavy atom. The quantitative estimate of drug-likeness (QED) is 0.201. The molecule has 4 nitrogen and oxygen atoms in total. The van der Waals surface area contributed by atoms with Crippen LogP contribution in [0, 0.1) is 11.8 Å². The highest BCUT2D eigenvalue weighted by atomic mass is 16.5. The summed E-state index contributed by atoms with van der Waals surface area (Å²) in [5.74, 6) is 0.782. The van der Waals surface area contributed by atoms with Gasteiger partial charge in [-0.15, -0.1) is 0 Å². The van der Waals surface area contributed by atoms with Gasteiger partial charge in [0.25, 0.3) is 0 Å². The molecule has 0 amide bonds. The van der Waals surface area contributed by atoms with Crippen LogP contribution in [0.3, 0.4) is 0 Å². The highest BCUT2D eigenvalue weighted by molar-refractivity contribution is 5.69. The second kappa shape index (κ2) is 18.3. The van der Waals surface area contributed by atoms with Crippen LogP contribution in [0.2, 0.25) is 0 Å². The van der Waals surface area contributed by atoms with E-state index in [4.69, 9.17) is 9.47 Å². The molecular weight excluding hydrogens is 340 g/mol. The van der Waals surface area contributed by atoms with E-state index in [-0.39, 0.29) is 11.9 Å². The van der Waals surface area contributed by atoms with Gasteiger partial charge in [-0.1, -0.05) is 72.6 Å². The van der Waals surface area contributed by atoms with Crippen LogP contribution >= 0.6 is 0 Å². The standard InChI is InChI=1S/C23H44O4/c1-5-9-14-20(7-3)18-26-22(24)16-12-11-13-17-23(25)27-19-21(8-4)15-10-6-2/h20-21H,5-19H2,1-4H3. The van der Waals surface area contributed by atoms with Gasteiger partial charge >= 0.3 is 11.9 Å². The van der Waals surface area contributed by atoms with E-state index in [9.17, 15) is 9.59 Å². The first-order valence-corrected chi connectivity index (χ1v) is 11.4. The van der Waals surface area contributed by atoms with Crippen molar-refractivity contribution in [2.24, 2.45) is 11.8 Å². The Morgan fingerprint density at radius 2 is 1.04 bits per heavy atom. The number of carbonyl (C=O) groups excluding carboxylic acids is 2. The number of esters is 2. The average Bonchev–Trinajstić information content (AvgIpc) is 2.68. The molecule has 0 spiro atoms. The van der Waals surface area contributed by atoms with Crippen molar-refractivity contribution in [2.75, 3.05) is 13.2 Å². The molecule has 0 aromatic carbocycles. The van der Waals surface area contributed by atoms with Crippen LogP contribution < -0.4 is 0 Å². The van der Waals surface area contributed by atoms with E-state index in [0.29, 0.717) is 37.9 Å². The Kier molecular flexibility index (Phi) is 17.6. The van der Waals surface area contributed by atoms with Gasteiger partial charge in [0.2, 0.25) is 0 Å². The molecule has 160 valence electrons. The molecule has 0 N–H and O–H groups in total.